The van der Waals surface area contributed by atoms with Gasteiger partial charge in [-0.05, 0) is 0 Å². The SMILES string of the molecule is C1COCCN1.ON1CCOCC1. The molecule has 78 valence electrons. The first kappa shape index (κ1) is 10.9. The van der Waals surface area contributed by atoms with Gasteiger partial charge in [0, 0.05) is 26.2 Å². The van der Waals surface area contributed by atoms with Crippen LogP contribution in [0, 0.1) is 0 Å². The van der Waals surface area contributed by atoms with E-state index >= 15 is 0 Å². The summed E-state index contributed by atoms with van der Waals surface area (Å²) in [5, 5.41) is 13.1. The largest absolute Gasteiger partial charge is 0.379 e. The summed E-state index contributed by atoms with van der Waals surface area (Å²) in [6.07, 6.45) is 0. The van der Waals surface area contributed by atoms with Crippen LogP contribution in [0.2, 0.25) is 0 Å². The van der Waals surface area contributed by atoms with E-state index in [1.807, 2.05) is 0 Å². The highest BCUT2D eigenvalue weighted by molar-refractivity contribution is 4.49. The van der Waals surface area contributed by atoms with E-state index in [9.17, 15) is 0 Å². The lowest BCUT2D eigenvalue weighted by Crippen LogP contribution is -2.33. The molecule has 0 radical (unpaired) electrons. The average Bonchev–Trinajstić information content (AvgIpc) is 2.22. The number of nitrogens with zero attached hydrogens (tertiary/aromatic N) is 1. The van der Waals surface area contributed by atoms with Gasteiger partial charge in [0.25, 0.3) is 0 Å². The molecule has 0 aromatic carbocycles. The Hall–Kier alpha value is -0.200. The third-order valence-corrected chi connectivity index (χ3v) is 1.83. The van der Waals surface area contributed by atoms with E-state index in [0.29, 0.717) is 26.3 Å². The summed E-state index contributed by atoms with van der Waals surface area (Å²) in [5.41, 5.74) is 0. The van der Waals surface area contributed by atoms with Gasteiger partial charge in [-0.3, -0.25) is 0 Å². The van der Waals surface area contributed by atoms with Gasteiger partial charge in [0.2, 0.25) is 0 Å². The second-order valence-electron chi connectivity index (χ2n) is 2.93. The number of hydrogen-bond acceptors (Lipinski definition) is 5. The molecule has 0 saturated carbocycles. The van der Waals surface area contributed by atoms with E-state index in [-0.39, 0.29) is 0 Å². The summed E-state index contributed by atoms with van der Waals surface area (Å²) in [4.78, 5) is 0. The van der Waals surface area contributed by atoms with Gasteiger partial charge >= 0.3 is 0 Å². The molecular weight excluding hydrogens is 172 g/mol. The van der Waals surface area contributed by atoms with Crippen molar-refractivity contribution in [2.45, 2.75) is 0 Å². The van der Waals surface area contributed by atoms with Crippen LogP contribution in [0.3, 0.4) is 0 Å². The molecule has 13 heavy (non-hydrogen) atoms. The third-order valence-electron chi connectivity index (χ3n) is 1.83. The number of ether oxygens (including phenoxy) is 2. The average molecular weight is 190 g/mol. The first-order chi connectivity index (χ1) is 6.39. The molecule has 0 atom stereocenters. The minimum absolute atomic E-state index is 0.653. The summed E-state index contributed by atoms with van der Waals surface area (Å²) in [6, 6.07) is 0. The van der Waals surface area contributed by atoms with Gasteiger partial charge in [0.15, 0.2) is 0 Å². The van der Waals surface area contributed by atoms with E-state index in [0.717, 1.165) is 26.3 Å². The fourth-order valence-corrected chi connectivity index (χ4v) is 1.07. The molecule has 0 unspecified atom stereocenters. The molecule has 5 nitrogen and oxygen atoms in total. The highest BCUT2D eigenvalue weighted by Gasteiger charge is 2.04. The Labute approximate surface area is 78.6 Å². The molecule has 2 heterocycles. The van der Waals surface area contributed by atoms with Gasteiger partial charge in [-0.15, -0.1) is 0 Å². The molecule has 2 N–H and O–H groups in total. The van der Waals surface area contributed by atoms with Crippen LogP contribution in [0.4, 0.5) is 0 Å². The minimum atomic E-state index is 0.653. The lowest BCUT2D eigenvalue weighted by Gasteiger charge is -2.19. The molecule has 0 aromatic rings. The Morgan fingerprint density at radius 3 is 1.69 bits per heavy atom. The van der Waals surface area contributed by atoms with Crippen LogP contribution in [-0.4, -0.2) is 62.9 Å². The zero-order chi connectivity index (χ0) is 9.36. The maximum atomic E-state index is 8.66. The molecule has 2 aliphatic rings. The molecular formula is C8H18N2O3. The Bertz CT molecular complexity index is 102. The number of hydroxylamine groups is 2. The van der Waals surface area contributed by atoms with Crippen molar-refractivity contribution < 1.29 is 14.7 Å². The normalized spacial score (nSPS) is 24.7. The molecule has 2 fully saturated rings. The Kier molecular flexibility index (Phi) is 6.05. The summed E-state index contributed by atoms with van der Waals surface area (Å²) in [7, 11) is 0. The van der Waals surface area contributed by atoms with Crippen molar-refractivity contribution in [2.75, 3.05) is 52.6 Å². The molecule has 5 heteroatoms. The van der Waals surface area contributed by atoms with Gasteiger partial charge < -0.3 is 20.0 Å². The minimum Gasteiger partial charge on any atom is -0.379 e. The van der Waals surface area contributed by atoms with E-state index in [1.54, 1.807) is 0 Å². The van der Waals surface area contributed by atoms with Crippen molar-refractivity contribution in [3.8, 4) is 0 Å². The van der Waals surface area contributed by atoms with E-state index in [1.165, 1.54) is 5.06 Å². The summed E-state index contributed by atoms with van der Waals surface area (Å²) in [6.45, 7) is 6.47. The predicted octanol–water partition coefficient (Wildman–Crippen LogP) is -0.686. The van der Waals surface area contributed by atoms with Crippen LogP contribution >= 0.6 is 0 Å². The second kappa shape index (κ2) is 7.23. The quantitative estimate of drug-likeness (QED) is 0.530. The van der Waals surface area contributed by atoms with Crippen molar-refractivity contribution in [3.05, 3.63) is 0 Å². The van der Waals surface area contributed by atoms with Crippen LogP contribution in [0.25, 0.3) is 0 Å². The maximum absolute atomic E-state index is 8.66. The van der Waals surface area contributed by atoms with Gasteiger partial charge in [-0.25, -0.2) is 0 Å². The van der Waals surface area contributed by atoms with E-state index in [2.05, 4.69) is 5.32 Å². The number of hydrogen-bond donors (Lipinski definition) is 2. The summed E-state index contributed by atoms with van der Waals surface area (Å²) < 4.78 is 9.95. The smallest absolute Gasteiger partial charge is 0.0617 e. The van der Waals surface area contributed by atoms with Crippen molar-refractivity contribution in [1.29, 1.82) is 0 Å². The van der Waals surface area contributed by atoms with E-state index < -0.39 is 0 Å². The second-order valence-corrected chi connectivity index (χ2v) is 2.93. The van der Waals surface area contributed by atoms with Crippen LogP contribution in [0.5, 0.6) is 0 Å². The van der Waals surface area contributed by atoms with Crippen LogP contribution < -0.4 is 5.32 Å². The summed E-state index contributed by atoms with van der Waals surface area (Å²) in [5.74, 6) is 0. The zero-order valence-corrected chi connectivity index (χ0v) is 7.87. The molecule has 2 rings (SSSR count). The van der Waals surface area contributed by atoms with Gasteiger partial charge in [-0.2, -0.15) is 5.06 Å². The molecule has 2 saturated heterocycles. The predicted molar refractivity (Wildman–Crippen MR) is 47.9 cm³/mol. The van der Waals surface area contributed by atoms with Crippen molar-refractivity contribution in [1.82, 2.24) is 10.4 Å². The Morgan fingerprint density at radius 2 is 1.46 bits per heavy atom. The standard InChI is InChI=1S/C4H9NO2.C4H9NO/c6-5-1-3-7-4-2-5;1-3-6-4-2-5-1/h6H,1-4H2;5H,1-4H2. The lowest BCUT2D eigenvalue weighted by atomic mass is 10.5. The van der Waals surface area contributed by atoms with Crippen LogP contribution in [0.15, 0.2) is 0 Å². The molecule has 0 spiro atoms. The molecule has 2 aliphatic heterocycles. The number of morpholine rings is 2. The zero-order valence-electron chi connectivity index (χ0n) is 7.87. The van der Waals surface area contributed by atoms with Crippen molar-refractivity contribution >= 4 is 0 Å². The molecule has 0 bridgehead atoms. The van der Waals surface area contributed by atoms with Gasteiger partial charge in [0.1, 0.15) is 0 Å². The number of rotatable bonds is 0. The topological polar surface area (TPSA) is 54.0 Å². The highest BCUT2D eigenvalue weighted by Crippen LogP contribution is 1.89. The first-order valence-electron chi connectivity index (χ1n) is 4.69. The van der Waals surface area contributed by atoms with Crippen LogP contribution in [-0.2, 0) is 9.47 Å². The number of nitrogens with one attached hydrogen (secondary N) is 1. The highest BCUT2D eigenvalue weighted by atomic mass is 16.5. The Morgan fingerprint density at radius 1 is 0.923 bits per heavy atom. The molecule has 0 amide bonds. The maximum Gasteiger partial charge on any atom is 0.0617 e. The summed E-state index contributed by atoms with van der Waals surface area (Å²) >= 11 is 0. The first-order valence-corrected chi connectivity index (χ1v) is 4.69. The van der Waals surface area contributed by atoms with Crippen molar-refractivity contribution in [2.24, 2.45) is 0 Å². The van der Waals surface area contributed by atoms with Crippen molar-refractivity contribution in [3.63, 3.8) is 0 Å². The lowest BCUT2D eigenvalue weighted by molar-refractivity contribution is -0.143. The Balaban J connectivity index is 0.000000132. The van der Waals surface area contributed by atoms with E-state index in [4.69, 9.17) is 14.7 Å². The molecule has 0 aliphatic carbocycles. The monoisotopic (exact) mass is 190 g/mol. The fraction of sp³-hybridized carbons (Fsp3) is 1.00. The van der Waals surface area contributed by atoms with Gasteiger partial charge in [-0.1, -0.05) is 0 Å². The van der Waals surface area contributed by atoms with Crippen LogP contribution in [0.1, 0.15) is 0 Å². The molecule has 0 aromatic heterocycles. The fourth-order valence-electron chi connectivity index (χ4n) is 1.07. The van der Waals surface area contributed by atoms with Gasteiger partial charge in [0.05, 0.1) is 26.4 Å². The third kappa shape index (κ3) is 5.95.